The van der Waals surface area contributed by atoms with E-state index in [0.29, 0.717) is 12.4 Å². The molecule has 0 aliphatic heterocycles. The van der Waals surface area contributed by atoms with Gasteiger partial charge in [-0.25, -0.2) is 5.43 Å². The highest BCUT2D eigenvalue weighted by molar-refractivity contribution is 7.15. The molecule has 0 atom stereocenters. The van der Waals surface area contributed by atoms with E-state index in [1.807, 2.05) is 35.1 Å². The van der Waals surface area contributed by atoms with E-state index in [-0.39, 0.29) is 0 Å². The first-order valence-electron chi connectivity index (χ1n) is 4.61. The second kappa shape index (κ2) is 4.18. The Balaban J connectivity index is 2.32. The zero-order valence-electron chi connectivity index (χ0n) is 9.02. The van der Waals surface area contributed by atoms with Gasteiger partial charge in [-0.2, -0.15) is 4.98 Å². The van der Waals surface area contributed by atoms with Gasteiger partial charge in [-0.05, 0) is 0 Å². The first kappa shape index (κ1) is 10.4. The average molecular weight is 226 g/mol. The molecule has 0 bridgehead atoms. The first-order chi connectivity index (χ1) is 7.22. The average Bonchev–Trinajstić information content (AvgIpc) is 2.73. The molecule has 2 heterocycles. The SMILES string of the molecule is COc1nc2sccn2c1CNN(C)C. The number of hydrazine groups is 1. The normalized spacial score (nSPS) is 11.5. The lowest BCUT2D eigenvalue weighted by Gasteiger charge is -2.11. The molecule has 2 rings (SSSR count). The minimum Gasteiger partial charge on any atom is -0.480 e. The molecule has 6 heteroatoms. The summed E-state index contributed by atoms with van der Waals surface area (Å²) in [6.07, 6.45) is 2.00. The first-order valence-corrected chi connectivity index (χ1v) is 5.49. The molecule has 0 aromatic carbocycles. The number of aromatic nitrogens is 2. The van der Waals surface area contributed by atoms with Gasteiger partial charge in [-0.1, -0.05) is 0 Å². The third-order valence-corrected chi connectivity index (χ3v) is 2.84. The Hall–Kier alpha value is -1.11. The van der Waals surface area contributed by atoms with Gasteiger partial charge in [0.15, 0.2) is 4.96 Å². The van der Waals surface area contributed by atoms with Crippen molar-refractivity contribution in [3.05, 3.63) is 17.3 Å². The molecule has 0 aliphatic carbocycles. The smallest absolute Gasteiger partial charge is 0.237 e. The van der Waals surface area contributed by atoms with Crippen molar-refractivity contribution in [2.45, 2.75) is 6.54 Å². The molecular formula is C9H14N4OS. The van der Waals surface area contributed by atoms with E-state index in [2.05, 4.69) is 10.4 Å². The van der Waals surface area contributed by atoms with Crippen molar-refractivity contribution in [1.29, 1.82) is 0 Å². The quantitative estimate of drug-likeness (QED) is 0.789. The topological polar surface area (TPSA) is 41.8 Å². The monoisotopic (exact) mass is 226 g/mol. The molecule has 2 aromatic rings. The Morgan fingerprint density at radius 1 is 1.60 bits per heavy atom. The number of methoxy groups -OCH3 is 1. The Labute approximate surface area is 92.3 Å². The Morgan fingerprint density at radius 3 is 3.07 bits per heavy atom. The Morgan fingerprint density at radius 2 is 2.40 bits per heavy atom. The van der Waals surface area contributed by atoms with Crippen LogP contribution in [0.3, 0.4) is 0 Å². The summed E-state index contributed by atoms with van der Waals surface area (Å²) in [4.78, 5) is 5.33. The summed E-state index contributed by atoms with van der Waals surface area (Å²) < 4.78 is 7.28. The molecule has 0 unspecified atom stereocenters. The fourth-order valence-electron chi connectivity index (χ4n) is 1.37. The van der Waals surface area contributed by atoms with Crippen molar-refractivity contribution in [2.24, 2.45) is 0 Å². The van der Waals surface area contributed by atoms with Crippen molar-refractivity contribution >= 4 is 16.3 Å². The van der Waals surface area contributed by atoms with Gasteiger partial charge in [0.2, 0.25) is 5.88 Å². The second-order valence-corrected chi connectivity index (χ2v) is 4.23. The predicted octanol–water partition coefficient (Wildman–Crippen LogP) is 0.971. The highest BCUT2D eigenvalue weighted by Gasteiger charge is 2.12. The van der Waals surface area contributed by atoms with Crippen LogP contribution >= 0.6 is 11.3 Å². The Bertz CT molecular complexity index is 448. The van der Waals surface area contributed by atoms with Gasteiger partial charge in [-0.15, -0.1) is 11.3 Å². The number of nitrogens with zero attached hydrogens (tertiary/aromatic N) is 3. The number of imidazole rings is 1. The maximum Gasteiger partial charge on any atom is 0.237 e. The number of hydrogen-bond acceptors (Lipinski definition) is 5. The predicted molar refractivity (Wildman–Crippen MR) is 60.1 cm³/mol. The summed E-state index contributed by atoms with van der Waals surface area (Å²) in [5.41, 5.74) is 4.25. The molecule has 15 heavy (non-hydrogen) atoms. The van der Waals surface area contributed by atoms with E-state index in [1.54, 1.807) is 18.4 Å². The maximum atomic E-state index is 5.24. The highest BCUT2D eigenvalue weighted by atomic mass is 32.1. The van der Waals surface area contributed by atoms with E-state index >= 15 is 0 Å². The minimum absolute atomic E-state index is 0.691. The van der Waals surface area contributed by atoms with Crippen LogP contribution < -0.4 is 10.2 Å². The number of nitrogens with one attached hydrogen (secondary N) is 1. The molecule has 5 nitrogen and oxygen atoms in total. The Kier molecular flexibility index (Phi) is 2.90. The van der Waals surface area contributed by atoms with Crippen molar-refractivity contribution in [2.75, 3.05) is 21.2 Å². The number of thiazole rings is 1. The lowest BCUT2D eigenvalue weighted by atomic mass is 10.4. The largest absolute Gasteiger partial charge is 0.480 e. The molecule has 0 spiro atoms. The number of hydrogen-bond donors (Lipinski definition) is 1. The van der Waals surface area contributed by atoms with Crippen molar-refractivity contribution < 1.29 is 4.74 Å². The summed E-state index contributed by atoms with van der Waals surface area (Å²) in [6, 6.07) is 0. The van der Waals surface area contributed by atoms with Gasteiger partial charge in [0.1, 0.15) is 5.69 Å². The van der Waals surface area contributed by atoms with Crippen LogP contribution in [0.5, 0.6) is 5.88 Å². The molecule has 0 aliphatic rings. The van der Waals surface area contributed by atoms with Gasteiger partial charge < -0.3 is 4.74 Å². The van der Waals surface area contributed by atoms with Crippen LogP contribution in [-0.4, -0.2) is 35.6 Å². The van der Waals surface area contributed by atoms with Crippen LogP contribution in [0, 0.1) is 0 Å². The molecule has 2 aromatic heterocycles. The van der Waals surface area contributed by atoms with E-state index in [9.17, 15) is 0 Å². The van der Waals surface area contributed by atoms with Crippen molar-refractivity contribution in [3.8, 4) is 5.88 Å². The minimum atomic E-state index is 0.691. The maximum absolute atomic E-state index is 5.24. The molecule has 82 valence electrons. The molecule has 0 radical (unpaired) electrons. The van der Waals surface area contributed by atoms with E-state index < -0.39 is 0 Å². The third-order valence-electron chi connectivity index (χ3n) is 2.08. The highest BCUT2D eigenvalue weighted by Crippen LogP contribution is 2.22. The van der Waals surface area contributed by atoms with Gasteiger partial charge in [0.25, 0.3) is 0 Å². The summed E-state index contributed by atoms with van der Waals surface area (Å²) in [5.74, 6) is 0.691. The number of ether oxygens (including phenoxy) is 1. The lowest BCUT2D eigenvalue weighted by Crippen LogP contribution is -2.30. The molecule has 0 saturated heterocycles. The third kappa shape index (κ3) is 1.97. The van der Waals surface area contributed by atoms with Gasteiger partial charge in [0.05, 0.1) is 13.7 Å². The van der Waals surface area contributed by atoms with Crippen LogP contribution in [0.15, 0.2) is 11.6 Å². The van der Waals surface area contributed by atoms with E-state index in [1.165, 1.54) is 0 Å². The molecule has 0 amide bonds. The van der Waals surface area contributed by atoms with Crippen LogP contribution in [0.25, 0.3) is 4.96 Å². The van der Waals surface area contributed by atoms with Crippen molar-refractivity contribution in [1.82, 2.24) is 19.8 Å². The zero-order chi connectivity index (χ0) is 10.8. The number of fused-ring (bicyclic) bond motifs is 1. The van der Waals surface area contributed by atoms with E-state index in [0.717, 1.165) is 10.7 Å². The van der Waals surface area contributed by atoms with Crippen molar-refractivity contribution in [3.63, 3.8) is 0 Å². The van der Waals surface area contributed by atoms with Crippen LogP contribution in [0.4, 0.5) is 0 Å². The van der Waals surface area contributed by atoms with Crippen LogP contribution in [0.1, 0.15) is 5.69 Å². The molecular weight excluding hydrogens is 212 g/mol. The van der Waals surface area contributed by atoms with Gasteiger partial charge in [-0.3, -0.25) is 9.41 Å². The fraction of sp³-hybridized carbons (Fsp3) is 0.444. The zero-order valence-corrected chi connectivity index (χ0v) is 9.84. The second-order valence-electron chi connectivity index (χ2n) is 3.35. The molecule has 0 fully saturated rings. The van der Waals surface area contributed by atoms with Gasteiger partial charge in [0, 0.05) is 25.7 Å². The van der Waals surface area contributed by atoms with E-state index in [4.69, 9.17) is 4.74 Å². The summed E-state index contributed by atoms with van der Waals surface area (Å²) in [7, 11) is 5.56. The van der Waals surface area contributed by atoms with Crippen LogP contribution in [0.2, 0.25) is 0 Å². The summed E-state index contributed by atoms with van der Waals surface area (Å²) in [6.45, 7) is 0.702. The molecule has 0 saturated carbocycles. The standard InChI is InChI=1S/C9H14N4OS/c1-12(2)10-6-7-8(14-3)11-9-13(7)4-5-15-9/h4-5,10H,6H2,1-3H3. The fourth-order valence-corrected chi connectivity index (χ4v) is 2.09. The molecule has 1 N–H and O–H groups in total. The summed E-state index contributed by atoms with van der Waals surface area (Å²) >= 11 is 1.60. The number of rotatable bonds is 4. The summed E-state index contributed by atoms with van der Waals surface area (Å²) in [5, 5.41) is 3.92. The van der Waals surface area contributed by atoms with Crippen LogP contribution in [-0.2, 0) is 6.54 Å². The van der Waals surface area contributed by atoms with Gasteiger partial charge >= 0.3 is 0 Å². The lowest BCUT2D eigenvalue weighted by molar-refractivity contribution is 0.280.